The van der Waals surface area contributed by atoms with Gasteiger partial charge in [-0.05, 0) is 13.3 Å². The van der Waals surface area contributed by atoms with Crippen LogP contribution in [0.5, 0.6) is 0 Å². The lowest BCUT2D eigenvalue weighted by molar-refractivity contribution is 0.138. The van der Waals surface area contributed by atoms with Crippen LogP contribution in [0.1, 0.15) is 19.8 Å². The van der Waals surface area contributed by atoms with E-state index in [2.05, 4.69) is 13.2 Å². The molecule has 0 aromatic rings. The number of aliphatic hydroxyl groups excluding tert-OH is 2. The molecule has 2 N–H and O–H groups in total. The van der Waals surface area contributed by atoms with Crippen molar-refractivity contribution < 1.29 is 19.7 Å². The first-order valence-electron chi connectivity index (χ1n) is 5.94. The number of epoxide rings is 2. The molecule has 0 unspecified atom stereocenters. The molecular formula is C13H20O4. The van der Waals surface area contributed by atoms with Gasteiger partial charge in [0.05, 0.1) is 17.8 Å². The quantitative estimate of drug-likeness (QED) is 0.510. The monoisotopic (exact) mass is 240 g/mol. The molecule has 0 saturated carbocycles. The molecule has 4 nitrogen and oxygen atoms in total. The summed E-state index contributed by atoms with van der Waals surface area (Å²) in [7, 11) is 0. The van der Waals surface area contributed by atoms with Crippen molar-refractivity contribution in [2.24, 2.45) is 0 Å². The van der Waals surface area contributed by atoms with Gasteiger partial charge in [-0.15, -0.1) is 13.2 Å². The second kappa shape index (κ2) is 4.53. The first-order valence-corrected chi connectivity index (χ1v) is 5.94. The summed E-state index contributed by atoms with van der Waals surface area (Å²) in [5.41, 5.74) is -0.346. The number of ether oxygens (including phenoxy) is 2. The van der Waals surface area contributed by atoms with Crippen molar-refractivity contribution >= 4 is 0 Å². The molecular weight excluding hydrogens is 220 g/mol. The third-order valence-corrected chi connectivity index (χ3v) is 3.47. The molecule has 0 bridgehead atoms. The van der Waals surface area contributed by atoms with E-state index in [0.29, 0.717) is 12.8 Å². The van der Waals surface area contributed by atoms with Crippen molar-refractivity contribution in [1.82, 2.24) is 0 Å². The molecule has 2 aliphatic heterocycles. The molecule has 0 aromatic heterocycles. The Morgan fingerprint density at radius 1 is 1.41 bits per heavy atom. The smallest absolute Gasteiger partial charge is 0.116 e. The Bertz CT molecular complexity index is 317. The number of hydrogen-bond acceptors (Lipinski definition) is 4. The Hall–Kier alpha value is -0.680. The van der Waals surface area contributed by atoms with E-state index in [1.165, 1.54) is 6.08 Å². The highest BCUT2D eigenvalue weighted by Gasteiger charge is 2.65. The zero-order valence-electron chi connectivity index (χ0n) is 10.1. The highest BCUT2D eigenvalue weighted by Crippen LogP contribution is 2.50. The number of aliphatic hydroxyl groups is 2. The van der Waals surface area contributed by atoms with E-state index in [4.69, 9.17) is 9.47 Å². The standard InChI is InChI=1S/C13H20O4/c1-4-6-9(15)10-11(16-10)12-13(3,17-12)7-8(14)5-2/h4-5,8-12,14-15H,1-2,6-7H2,3H3/t8-,9+,10+,11-,12+,13+/m1/s1. The van der Waals surface area contributed by atoms with Gasteiger partial charge in [-0.1, -0.05) is 12.2 Å². The van der Waals surface area contributed by atoms with Gasteiger partial charge in [-0.2, -0.15) is 0 Å². The van der Waals surface area contributed by atoms with Gasteiger partial charge in [0.25, 0.3) is 0 Å². The van der Waals surface area contributed by atoms with Crippen molar-refractivity contribution in [1.29, 1.82) is 0 Å². The largest absolute Gasteiger partial charge is 0.390 e. The van der Waals surface area contributed by atoms with Gasteiger partial charge >= 0.3 is 0 Å². The minimum Gasteiger partial charge on any atom is -0.390 e. The number of rotatable bonds is 7. The van der Waals surface area contributed by atoms with E-state index in [1.807, 2.05) is 6.92 Å². The highest BCUT2D eigenvalue weighted by atomic mass is 16.7. The molecule has 96 valence electrons. The maximum Gasteiger partial charge on any atom is 0.116 e. The van der Waals surface area contributed by atoms with Gasteiger partial charge in [0.15, 0.2) is 0 Å². The van der Waals surface area contributed by atoms with E-state index in [9.17, 15) is 10.2 Å². The summed E-state index contributed by atoms with van der Waals surface area (Å²) in [6.07, 6.45) is 2.94. The van der Waals surface area contributed by atoms with Crippen molar-refractivity contribution in [2.75, 3.05) is 0 Å². The molecule has 6 atom stereocenters. The lowest BCUT2D eigenvalue weighted by Gasteiger charge is -2.08. The van der Waals surface area contributed by atoms with E-state index >= 15 is 0 Å². The van der Waals surface area contributed by atoms with Crippen molar-refractivity contribution in [2.45, 2.75) is 55.9 Å². The second-order valence-electron chi connectivity index (χ2n) is 5.02. The average molecular weight is 240 g/mol. The molecule has 0 spiro atoms. The average Bonchev–Trinajstić information content (AvgIpc) is 3.14. The fraction of sp³-hybridized carbons (Fsp3) is 0.692. The third-order valence-electron chi connectivity index (χ3n) is 3.47. The molecule has 2 fully saturated rings. The van der Waals surface area contributed by atoms with Gasteiger partial charge in [0.1, 0.15) is 18.3 Å². The molecule has 2 rings (SSSR count). The summed E-state index contributed by atoms with van der Waals surface area (Å²) >= 11 is 0. The van der Waals surface area contributed by atoms with Gasteiger partial charge in [-0.3, -0.25) is 0 Å². The van der Waals surface area contributed by atoms with Crippen molar-refractivity contribution in [3.63, 3.8) is 0 Å². The van der Waals surface area contributed by atoms with Gasteiger partial charge < -0.3 is 19.7 Å². The van der Waals surface area contributed by atoms with Crippen LogP contribution in [0, 0.1) is 0 Å². The Labute approximate surface area is 102 Å². The van der Waals surface area contributed by atoms with E-state index in [-0.39, 0.29) is 23.9 Å². The minimum atomic E-state index is -0.555. The van der Waals surface area contributed by atoms with Crippen LogP contribution >= 0.6 is 0 Å². The summed E-state index contributed by atoms with van der Waals surface area (Å²) < 4.78 is 11.0. The van der Waals surface area contributed by atoms with Crippen LogP contribution in [0.4, 0.5) is 0 Å². The second-order valence-corrected chi connectivity index (χ2v) is 5.02. The normalized spacial score (nSPS) is 42.6. The predicted molar refractivity (Wildman–Crippen MR) is 63.6 cm³/mol. The predicted octanol–water partition coefficient (Wildman–Crippen LogP) is 0.785. The molecule has 0 aliphatic carbocycles. The van der Waals surface area contributed by atoms with Crippen LogP contribution < -0.4 is 0 Å². The summed E-state index contributed by atoms with van der Waals surface area (Å²) in [6, 6.07) is 0. The molecule has 0 aromatic carbocycles. The van der Waals surface area contributed by atoms with Gasteiger partial charge in [0.2, 0.25) is 0 Å². The summed E-state index contributed by atoms with van der Waals surface area (Å²) in [4.78, 5) is 0. The summed E-state index contributed by atoms with van der Waals surface area (Å²) in [5, 5.41) is 19.2. The fourth-order valence-corrected chi connectivity index (χ4v) is 2.33. The summed E-state index contributed by atoms with van der Waals surface area (Å²) in [5.74, 6) is 0. The first kappa shape index (κ1) is 12.8. The van der Waals surface area contributed by atoms with E-state index in [0.717, 1.165) is 0 Å². The highest BCUT2D eigenvalue weighted by molar-refractivity contribution is 5.13. The van der Waals surface area contributed by atoms with Crippen molar-refractivity contribution in [3.8, 4) is 0 Å². The lowest BCUT2D eigenvalue weighted by Crippen LogP contribution is -2.24. The molecule has 4 heteroatoms. The minimum absolute atomic E-state index is 0.0263. The SMILES string of the molecule is C=CC[C@H](O)[C@@H]1O[C@H]1[C@@H]1O[C@@]1(C)C[C@H](O)C=C. The first-order chi connectivity index (χ1) is 8.01. The van der Waals surface area contributed by atoms with Gasteiger partial charge in [0, 0.05) is 6.42 Å². The molecule has 0 amide bonds. The third kappa shape index (κ3) is 2.60. The van der Waals surface area contributed by atoms with Crippen LogP contribution in [0.15, 0.2) is 25.3 Å². The van der Waals surface area contributed by atoms with Crippen LogP contribution in [-0.2, 0) is 9.47 Å². The van der Waals surface area contributed by atoms with Gasteiger partial charge in [-0.25, -0.2) is 0 Å². The van der Waals surface area contributed by atoms with E-state index < -0.39 is 12.2 Å². The maximum absolute atomic E-state index is 9.72. The maximum atomic E-state index is 9.72. The topological polar surface area (TPSA) is 65.5 Å². The van der Waals surface area contributed by atoms with Crippen LogP contribution in [0.2, 0.25) is 0 Å². The van der Waals surface area contributed by atoms with Crippen LogP contribution in [0.25, 0.3) is 0 Å². The molecule has 17 heavy (non-hydrogen) atoms. The lowest BCUT2D eigenvalue weighted by atomic mass is 9.96. The molecule has 2 heterocycles. The zero-order chi connectivity index (χ0) is 12.6. The molecule has 0 radical (unpaired) electrons. The zero-order valence-corrected chi connectivity index (χ0v) is 10.1. The van der Waals surface area contributed by atoms with E-state index in [1.54, 1.807) is 6.08 Å². The Kier molecular flexibility index (Phi) is 3.41. The Balaban J connectivity index is 1.80. The Morgan fingerprint density at radius 3 is 2.71 bits per heavy atom. The Morgan fingerprint density at radius 2 is 2.12 bits per heavy atom. The number of hydrogen-bond donors (Lipinski definition) is 2. The fourth-order valence-electron chi connectivity index (χ4n) is 2.33. The van der Waals surface area contributed by atoms with Crippen LogP contribution in [-0.4, -0.2) is 46.3 Å². The molecule has 2 aliphatic rings. The van der Waals surface area contributed by atoms with Crippen molar-refractivity contribution in [3.05, 3.63) is 25.3 Å². The summed E-state index contributed by atoms with van der Waals surface area (Å²) in [6.45, 7) is 9.07. The van der Waals surface area contributed by atoms with Crippen LogP contribution in [0.3, 0.4) is 0 Å². The molecule has 2 saturated heterocycles.